The summed E-state index contributed by atoms with van der Waals surface area (Å²) in [4.78, 5) is 39.8. The molecule has 0 aliphatic heterocycles. The molecule has 0 saturated carbocycles. The van der Waals surface area contributed by atoms with Gasteiger partial charge < -0.3 is 25.2 Å². The van der Waals surface area contributed by atoms with E-state index in [9.17, 15) is 32.7 Å². The van der Waals surface area contributed by atoms with Gasteiger partial charge in [-0.15, -0.1) is 0 Å². The zero-order chi connectivity index (χ0) is 31.8. The number of hydrogen-bond donors (Lipinski definition) is 3. The molecule has 3 N–H and O–H groups in total. The Morgan fingerprint density at radius 2 is 1.62 bits per heavy atom. The number of nitrogens with one attached hydrogen (secondary N) is 2. The van der Waals surface area contributed by atoms with E-state index in [2.05, 4.69) is 10.6 Å². The minimum Gasteiger partial charge on any atom is -0.497 e. The minimum absolute atomic E-state index is 0.0312. The molecule has 2 aromatic carbocycles. The van der Waals surface area contributed by atoms with Crippen molar-refractivity contribution >= 4 is 29.4 Å². The van der Waals surface area contributed by atoms with Crippen LogP contribution >= 0.6 is 11.6 Å². The van der Waals surface area contributed by atoms with Crippen molar-refractivity contribution in [1.82, 2.24) is 10.6 Å². The number of aliphatic hydroxyl groups is 1. The van der Waals surface area contributed by atoms with Gasteiger partial charge in [-0.3, -0.25) is 9.59 Å². The van der Waals surface area contributed by atoms with Crippen molar-refractivity contribution in [2.24, 2.45) is 11.8 Å². The second-order valence-electron chi connectivity index (χ2n) is 11.3. The normalized spacial score (nSPS) is 14.9. The number of carbonyl (C=O) groups is 3. The summed E-state index contributed by atoms with van der Waals surface area (Å²) in [5.41, 5.74) is 0.00429. The Kier molecular flexibility index (Phi) is 12.2. The fourth-order valence-corrected chi connectivity index (χ4v) is 4.47. The van der Waals surface area contributed by atoms with E-state index in [1.807, 2.05) is 0 Å². The van der Waals surface area contributed by atoms with Crippen LogP contribution in [0.15, 0.2) is 48.5 Å². The molecule has 232 valence electrons. The number of methoxy groups -OCH3 is 1. The topological polar surface area (TPSA) is 114 Å². The predicted octanol–water partition coefficient (Wildman–Crippen LogP) is 5.80. The minimum atomic E-state index is -4.94. The maximum atomic E-state index is 13.6. The smallest absolute Gasteiger partial charge is 0.414 e. The Labute approximate surface area is 248 Å². The van der Waals surface area contributed by atoms with Crippen LogP contribution in [0.2, 0.25) is 5.02 Å². The molecule has 2 aromatic rings. The second-order valence-corrected chi connectivity index (χ2v) is 11.7. The predicted molar refractivity (Wildman–Crippen MR) is 152 cm³/mol. The van der Waals surface area contributed by atoms with Gasteiger partial charge in [0.1, 0.15) is 23.4 Å². The number of alkyl carbamates (subject to hydrolysis) is 1. The summed E-state index contributed by atoms with van der Waals surface area (Å²) >= 11 is 6.09. The van der Waals surface area contributed by atoms with Gasteiger partial charge in [-0.2, -0.15) is 13.2 Å². The number of aliphatic hydroxyl groups excluding tert-OH is 1. The zero-order valence-electron chi connectivity index (χ0n) is 24.4. The van der Waals surface area contributed by atoms with Crippen molar-refractivity contribution in [3.63, 3.8) is 0 Å². The number of benzene rings is 2. The number of hydrogen-bond acceptors (Lipinski definition) is 6. The average Bonchev–Trinajstić information content (AvgIpc) is 2.87. The van der Waals surface area contributed by atoms with Crippen LogP contribution in [0.5, 0.6) is 5.75 Å². The van der Waals surface area contributed by atoms with E-state index in [1.165, 1.54) is 45.2 Å². The fourth-order valence-electron chi connectivity index (χ4n) is 4.25. The number of Topliss-reactive ketones (excluding diaryl/α,β-unsaturated/α-hetero) is 1. The molecule has 0 aliphatic rings. The van der Waals surface area contributed by atoms with Crippen LogP contribution in [-0.4, -0.2) is 53.9 Å². The van der Waals surface area contributed by atoms with Crippen molar-refractivity contribution in [1.29, 1.82) is 0 Å². The first-order chi connectivity index (χ1) is 19.4. The van der Waals surface area contributed by atoms with Gasteiger partial charge in [-0.1, -0.05) is 49.7 Å². The Morgan fingerprint density at radius 3 is 2.12 bits per heavy atom. The van der Waals surface area contributed by atoms with E-state index >= 15 is 0 Å². The molecule has 0 spiro atoms. The first kappa shape index (κ1) is 34.9. The van der Waals surface area contributed by atoms with Crippen molar-refractivity contribution in [3.05, 3.63) is 64.7 Å². The lowest BCUT2D eigenvalue weighted by molar-refractivity contribution is -0.224. The molecule has 8 nitrogen and oxygen atoms in total. The summed E-state index contributed by atoms with van der Waals surface area (Å²) in [6.07, 6.45) is -9.26. The molecule has 0 radical (unpaired) electrons. The summed E-state index contributed by atoms with van der Waals surface area (Å²) < 4.78 is 50.7. The molecule has 42 heavy (non-hydrogen) atoms. The zero-order valence-corrected chi connectivity index (χ0v) is 25.2. The van der Waals surface area contributed by atoms with Crippen molar-refractivity contribution < 1.29 is 42.1 Å². The second kappa shape index (κ2) is 14.7. The van der Waals surface area contributed by atoms with E-state index < -0.39 is 66.0 Å². The van der Waals surface area contributed by atoms with Crippen molar-refractivity contribution in [2.75, 3.05) is 7.11 Å². The molecular weight excluding hydrogens is 577 g/mol. The molecule has 0 fully saturated rings. The van der Waals surface area contributed by atoms with E-state index in [0.717, 1.165) is 0 Å². The molecular formula is C30H38ClF3N2O6. The molecule has 2 amide bonds. The van der Waals surface area contributed by atoms with Crippen LogP contribution < -0.4 is 15.4 Å². The Balaban J connectivity index is 2.44. The first-order valence-corrected chi connectivity index (χ1v) is 13.7. The number of amides is 2. The standard InChI is InChI=1S/C30H38ClF3N2O6/c1-17(2)22(26(38)30(32,33)34)16-24(37)25(19-10-12-21(41-6)13-11-19)36-27(39)23(35-28(40)42-29(3,4)5)15-18-8-7-9-20(31)14-18/h7-14,17,22-23,25-26,38H,15-16H2,1-6H3,(H,35,40)(H,36,39)/t22-,23-,25-,26-/m0/s1. The van der Waals surface area contributed by atoms with Crippen LogP contribution in [0.1, 0.15) is 58.2 Å². The van der Waals surface area contributed by atoms with Crippen LogP contribution in [0.4, 0.5) is 18.0 Å². The third-order valence-corrected chi connectivity index (χ3v) is 6.66. The lowest BCUT2D eigenvalue weighted by atomic mass is 9.83. The number of alkyl halides is 3. The molecule has 4 atom stereocenters. The van der Waals surface area contributed by atoms with Gasteiger partial charge in [0, 0.05) is 23.8 Å². The van der Waals surface area contributed by atoms with E-state index in [4.69, 9.17) is 21.1 Å². The van der Waals surface area contributed by atoms with Gasteiger partial charge in [-0.25, -0.2) is 4.79 Å². The van der Waals surface area contributed by atoms with Gasteiger partial charge in [0.25, 0.3) is 0 Å². The SMILES string of the molecule is COc1ccc([C@H](NC(=O)[C@H](Cc2cccc(Cl)c2)NC(=O)OC(C)(C)C)C(=O)C[C@@H](C(C)C)[C@H](O)C(F)(F)F)cc1. The average molecular weight is 615 g/mol. The molecule has 0 saturated heterocycles. The highest BCUT2D eigenvalue weighted by Gasteiger charge is 2.45. The molecule has 0 aliphatic carbocycles. The third kappa shape index (κ3) is 10.8. The van der Waals surface area contributed by atoms with Crippen molar-refractivity contribution in [2.45, 2.75) is 77.4 Å². The Bertz CT molecular complexity index is 1210. The van der Waals surface area contributed by atoms with Crippen LogP contribution in [0.3, 0.4) is 0 Å². The highest BCUT2D eigenvalue weighted by Crippen LogP contribution is 2.33. The molecule has 12 heteroatoms. The Morgan fingerprint density at radius 1 is 1.00 bits per heavy atom. The summed E-state index contributed by atoms with van der Waals surface area (Å²) in [6.45, 7) is 7.89. The molecule has 2 rings (SSSR count). The number of ketones is 1. The maximum Gasteiger partial charge on any atom is 0.414 e. The lowest BCUT2D eigenvalue weighted by Gasteiger charge is -2.30. The number of ether oxygens (including phenoxy) is 2. The van der Waals surface area contributed by atoms with E-state index in [0.29, 0.717) is 16.3 Å². The van der Waals surface area contributed by atoms with Crippen LogP contribution in [-0.2, 0) is 20.7 Å². The van der Waals surface area contributed by atoms with Gasteiger partial charge in [-0.05, 0) is 62.1 Å². The molecule has 0 aromatic heterocycles. The van der Waals surface area contributed by atoms with Gasteiger partial charge >= 0.3 is 12.3 Å². The van der Waals surface area contributed by atoms with Gasteiger partial charge in [0.15, 0.2) is 11.9 Å². The lowest BCUT2D eigenvalue weighted by Crippen LogP contribution is -2.51. The monoisotopic (exact) mass is 614 g/mol. The Hall–Kier alpha value is -3.31. The van der Waals surface area contributed by atoms with E-state index in [-0.39, 0.29) is 12.0 Å². The summed E-state index contributed by atoms with van der Waals surface area (Å²) in [7, 11) is 1.44. The molecule has 0 unspecified atom stereocenters. The molecule has 0 bridgehead atoms. The highest BCUT2D eigenvalue weighted by atomic mass is 35.5. The fraction of sp³-hybridized carbons (Fsp3) is 0.500. The highest BCUT2D eigenvalue weighted by molar-refractivity contribution is 6.30. The summed E-state index contributed by atoms with van der Waals surface area (Å²) in [5.74, 6) is -3.25. The molecule has 0 heterocycles. The largest absolute Gasteiger partial charge is 0.497 e. The number of halogens is 4. The third-order valence-electron chi connectivity index (χ3n) is 6.43. The number of carbonyl (C=O) groups excluding carboxylic acids is 3. The first-order valence-electron chi connectivity index (χ1n) is 13.4. The van der Waals surface area contributed by atoms with Crippen LogP contribution in [0, 0.1) is 11.8 Å². The number of rotatable bonds is 12. The summed E-state index contributed by atoms with van der Waals surface area (Å²) in [5, 5.41) is 15.5. The van der Waals surface area contributed by atoms with E-state index in [1.54, 1.807) is 45.0 Å². The summed E-state index contributed by atoms with van der Waals surface area (Å²) in [6, 6.07) is 10.0. The quantitative estimate of drug-likeness (QED) is 0.279. The maximum absolute atomic E-state index is 13.6. The van der Waals surface area contributed by atoms with Crippen LogP contribution in [0.25, 0.3) is 0 Å². The van der Waals surface area contributed by atoms with Gasteiger partial charge in [0.05, 0.1) is 7.11 Å². The van der Waals surface area contributed by atoms with Gasteiger partial charge in [0.2, 0.25) is 5.91 Å². The van der Waals surface area contributed by atoms with Crippen molar-refractivity contribution in [3.8, 4) is 5.75 Å².